The van der Waals surface area contributed by atoms with Crippen LogP contribution < -0.4 is 0 Å². The van der Waals surface area contributed by atoms with E-state index in [9.17, 15) is 5.11 Å². The summed E-state index contributed by atoms with van der Waals surface area (Å²) in [5, 5.41) is 11.5. The van der Waals surface area contributed by atoms with Gasteiger partial charge in [-0.05, 0) is 48.9 Å². The summed E-state index contributed by atoms with van der Waals surface area (Å²) < 4.78 is 6.48. The van der Waals surface area contributed by atoms with Gasteiger partial charge in [0.05, 0.1) is 18.8 Å². The normalized spacial score (nSPS) is 17.8. The van der Waals surface area contributed by atoms with Gasteiger partial charge in [0.1, 0.15) is 0 Å². The highest BCUT2D eigenvalue weighted by Gasteiger charge is 2.29. The first-order chi connectivity index (χ1) is 12.7. The lowest BCUT2D eigenvalue weighted by Gasteiger charge is -2.33. The Morgan fingerprint density at radius 2 is 1.65 bits per heavy atom. The Hall–Kier alpha value is -1.20. The highest BCUT2D eigenvalue weighted by atomic mass is 79.9. The fraction of sp³-hybridized carbons (Fsp3) is 0.455. The molecule has 26 heavy (non-hydrogen) atoms. The Bertz CT molecular complexity index is 656. The van der Waals surface area contributed by atoms with Crippen molar-refractivity contribution < 1.29 is 9.84 Å². The number of hydrogen-bond acceptors (Lipinski definition) is 3. The molecule has 2 aromatic rings. The summed E-state index contributed by atoms with van der Waals surface area (Å²) in [5.41, 5.74) is 1.56. The molecular formula is C22H28BrNO2. The Kier molecular flexibility index (Phi) is 7.26. The lowest BCUT2D eigenvalue weighted by Crippen LogP contribution is -2.40. The third kappa shape index (κ3) is 5.65. The van der Waals surface area contributed by atoms with E-state index in [0.29, 0.717) is 0 Å². The highest BCUT2D eigenvalue weighted by Crippen LogP contribution is 2.32. The zero-order chi connectivity index (χ0) is 18.2. The smallest absolute Gasteiger partial charge is 0.0908 e. The fourth-order valence-electron chi connectivity index (χ4n) is 3.57. The summed E-state index contributed by atoms with van der Waals surface area (Å²) in [5.74, 6) is 0. The fourth-order valence-corrected chi connectivity index (χ4v) is 3.84. The Labute approximate surface area is 165 Å². The molecule has 0 radical (unpaired) electrons. The molecule has 0 unspecified atom stereocenters. The van der Waals surface area contributed by atoms with Crippen molar-refractivity contribution in [3.8, 4) is 0 Å². The number of halogens is 1. The van der Waals surface area contributed by atoms with Crippen LogP contribution in [-0.4, -0.2) is 42.9 Å². The standard InChI is InChI=1S/C22H28BrNO2/c23-21-10-8-20(9-11-21)22(25,13-14-24-15-17-26-18-16-24)12-4-7-19-5-2-1-3-6-19/h1-3,5-6,8-11,25H,4,7,12-18H2/t22-/m0/s1. The molecular weight excluding hydrogens is 390 g/mol. The van der Waals surface area contributed by atoms with E-state index in [1.807, 2.05) is 30.3 Å². The monoisotopic (exact) mass is 417 g/mol. The van der Waals surface area contributed by atoms with Crippen molar-refractivity contribution in [1.82, 2.24) is 4.90 Å². The topological polar surface area (TPSA) is 32.7 Å². The minimum Gasteiger partial charge on any atom is -0.385 e. The van der Waals surface area contributed by atoms with Gasteiger partial charge >= 0.3 is 0 Å². The van der Waals surface area contributed by atoms with Crippen molar-refractivity contribution in [1.29, 1.82) is 0 Å². The molecule has 0 aromatic heterocycles. The number of nitrogens with zero attached hydrogens (tertiary/aromatic N) is 1. The van der Waals surface area contributed by atoms with Gasteiger partial charge in [-0.2, -0.15) is 0 Å². The second kappa shape index (κ2) is 9.65. The van der Waals surface area contributed by atoms with Gasteiger partial charge in [-0.25, -0.2) is 0 Å². The van der Waals surface area contributed by atoms with Gasteiger partial charge in [0.15, 0.2) is 0 Å². The summed E-state index contributed by atoms with van der Waals surface area (Å²) in [7, 11) is 0. The Morgan fingerprint density at radius 1 is 0.962 bits per heavy atom. The predicted octanol–water partition coefficient (Wildman–Crippen LogP) is 4.38. The van der Waals surface area contributed by atoms with Crippen LogP contribution in [0.3, 0.4) is 0 Å². The molecule has 1 aliphatic rings. The minimum atomic E-state index is -0.784. The first-order valence-electron chi connectivity index (χ1n) is 9.48. The molecule has 1 aliphatic heterocycles. The Morgan fingerprint density at radius 3 is 2.35 bits per heavy atom. The summed E-state index contributed by atoms with van der Waals surface area (Å²) in [4.78, 5) is 2.39. The number of benzene rings is 2. The average Bonchev–Trinajstić information content (AvgIpc) is 2.69. The first kappa shape index (κ1) is 19.6. The second-order valence-electron chi connectivity index (χ2n) is 7.08. The van der Waals surface area contributed by atoms with Gasteiger partial charge in [-0.15, -0.1) is 0 Å². The van der Waals surface area contributed by atoms with Crippen LogP contribution in [0.2, 0.25) is 0 Å². The summed E-state index contributed by atoms with van der Waals surface area (Å²) in [6.45, 7) is 4.41. The van der Waals surface area contributed by atoms with Crippen molar-refractivity contribution in [2.75, 3.05) is 32.8 Å². The quantitative estimate of drug-likeness (QED) is 0.691. The number of rotatable bonds is 8. The van der Waals surface area contributed by atoms with Crippen molar-refractivity contribution in [2.24, 2.45) is 0 Å². The van der Waals surface area contributed by atoms with Crippen LogP contribution >= 0.6 is 15.9 Å². The van der Waals surface area contributed by atoms with Crippen LogP contribution in [0.4, 0.5) is 0 Å². The van der Waals surface area contributed by atoms with Gasteiger partial charge in [0.25, 0.3) is 0 Å². The van der Waals surface area contributed by atoms with Gasteiger partial charge in [-0.3, -0.25) is 4.90 Å². The zero-order valence-electron chi connectivity index (χ0n) is 15.2. The third-order valence-electron chi connectivity index (χ3n) is 5.23. The maximum absolute atomic E-state index is 11.5. The SMILES string of the molecule is O[C@@](CCCc1ccccc1)(CCN1CCOCC1)c1ccc(Br)cc1. The van der Waals surface area contributed by atoms with E-state index in [2.05, 4.69) is 45.1 Å². The van der Waals surface area contributed by atoms with Crippen LogP contribution in [0.5, 0.6) is 0 Å². The van der Waals surface area contributed by atoms with E-state index in [-0.39, 0.29) is 0 Å². The molecule has 4 heteroatoms. The van der Waals surface area contributed by atoms with Gasteiger partial charge in [-0.1, -0.05) is 58.4 Å². The molecule has 0 bridgehead atoms. The van der Waals surface area contributed by atoms with Crippen LogP contribution in [-0.2, 0) is 16.8 Å². The average molecular weight is 418 g/mol. The van der Waals surface area contributed by atoms with Crippen LogP contribution in [0, 0.1) is 0 Å². The van der Waals surface area contributed by atoms with Crippen molar-refractivity contribution >= 4 is 15.9 Å². The lowest BCUT2D eigenvalue weighted by molar-refractivity contribution is -0.0109. The zero-order valence-corrected chi connectivity index (χ0v) is 16.8. The largest absolute Gasteiger partial charge is 0.385 e. The van der Waals surface area contributed by atoms with Gasteiger partial charge < -0.3 is 9.84 Å². The molecule has 140 valence electrons. The van der Waals surface area contributed by atoms with E-state index >= 15 is 0 Å². The third-order valence-corrected chi connectivity index (χ3v) is 5.75. The molecule has 1 N–H and O–H groups in total. The molecule has 0 amide bonds. The molecule has 1 heterocycles. The lowest BCUT2D eigenvalue weighted by atomic mass is 9.85. The number of hydrogen-bond donors (Lipinski definition) is 1. The number of aryl methyl sites for hydroxylation is 1. The van der Waals surface area contributed by atoms with E-state index in [1.165, 1.54) is 5.56 Å². The Balaban J connectivity index is 1.64. The molecule has 0 aliphatic carbocycles. The highest BCUT2D eigenvalue weighted by molar-refractivity contribution is 9.10. The number of aliphatic hydroxyl groups is 1. The van der Waals surface area contributed by atoms with E-state index < -0.39 is 5.60 Å². The van der Waals surface area contributed by atoms with Crippen LogP contribution in [0.25, 0.3) is 0 Å². The van der Waals surface area contributed by atoms with E-state index in [1.54, 1.807) is 0 Å². The molecule has 3 rings (SSSR count). The van der Waals surface area contributed by atoms with Crippen LogP contribution in [0.1, 0.15) is 30.4 Å². The molecule has 1 atom stereocenters. The van der Waals surface area contributed by atoms with Crippen molar-refractivity contribution in [3.05, 3.63) is 70.2 Å². The minimum absolute atomic E-state index is 0.753. The first-order valence-corrected chi connectivity index (χ1v) is 10.3. The maximum Gasteiger partial charge on any atom is 0.0908 e. The molecule has 0 saturated carbocycles. The van der Waals surface area contributed by atoms with E-state index in [4.69, 9.17) is 4.74 Å². The summed E-state index contributed by atoms with van der Waals surface area (Å²) in [6.07, 6.45) is 3.49. The maximum atomic E-state index is 11.5. The van der Waals surface area contributed by atoms with Crippen molar-refractivity contribution in [3.63, 3.8) is 0 Å². The summed E-state index contributed by atoms with van der Waals surface area (Å²) in [6, 6.07) is 18.7. The number of morpholine rings is 1. The number of ether oxygens (including phenoxy) is 1. The summed E-state index contributed by atoms with van der Waals surface area (Å²) >= 11 is 3.49. The van der Waals surface area contributed by atoms with Crippen LogP contribution in [0.15, 0.2) is 59.1 Å². The van der Waals surface area contributed by atoms with Gasteiger partial charge in [0.2, 0.25) is 0 Å². The molecule has 3 nitrogen and oxygen atoms in total. The van der Waals surface area contributed by atoms with Crippen molar-refractivity contribution in [2.45, 2.75) is 31.3 Å². The predicted molar refractivity (Wildman–Crippen MR) is 109 cm³/mol. The second-order valence-corrected chi connectivity index (χ2v) is 8.00. The molecule has 1 saturated heterocycles. The molecule has 1 fully saturated rings. The molecule has 0 spiro atoms. The van der Waals surface area contributed by atoms with E-state index in [0.717, 1.165) is 68.6 Å². The molecule has 2 aromatic carbocycles. The van der Waals surface area contributed by atoms with Gasteiger partial charge in [0, 0.05) is 24.1 Å².